The Bertz CT molecular complexity index is 672. The van der Waals surface area contributed by atoms with E-state index in [-0.39, 0.29) is 18.3 Å². The summed E-state index contributed by atoms with van der Waals surface area (Å²) < 4.78 is 0. The summed E-state index contributed by atoms with van der Waals surface area (Å²) in [6.45, 7) is 0. The number of benzene rings is 1. The maximum Gasteiger partial charge on any atom is 0.303 e. The van der Waals surface area contributed by atoms with Gasteiger partial charge < -0.3 is 5.11 Å². The Balaban J connectivity index is 1.85. The third-order valence-corrected chi connectivity index (χ3v) is 4.91. The van der Waals surface area contributed by atoms with Crippen molar-refractivity contribution in [2.75, 3.05) is 0 Å². The molecule has 1 N–H and O–H groups in total. The van der Waals surface area contributed by atoms with Crippen molar-refractivity contribution >= 4 is 17.8 Å². The molecule has 0 amide bonds. The maximum absolute atomic E-state index is 12.2. The molecule has 0 spiro atoms. The van der Waals surface area contributed by atoms with E-state index < -0.39 is 5.97 Å². The fraction of sp³-hybridized carbons (Fsp3) is 0.476. The van der Waals surface area contributed by atoms with Gasteiger partial charge in [0.25, 0.3) is 0 Å². The standard InChI is InChI=1S/C21H25NO3/c22-15-18-8-6-5-7-16(18)11-12-17-13-14-20(23)19(17)9-3-1-2-4-10-21(24)25/h5-8,11-12,17,19H,1-4,9-10,13-14H2,(H,24,25). The predicted molar refractivity (Wildman–Crippen MR) is 96.7 cm³/mol. The third-order valence-electron chi connectivity index (χ3n) is 4.91. The smallest absolute Gasteiger partial charge is 0.303 e. The molecule has 25 heavy (non-hydrogen) atoms. The minimum Gasteiger partial charge on any atom is -0.481 e. The van der Waals surface area contributed by atoms with Gasteiger partial charge in [-0.2, -0.15) is 5.26 Å². The molecule has 1 aromatic rings. The number of Topliss-reactive ketones (excluding diaryl/α,β-unsaturated/α-hetero) is 1. The summed E-state index contributed by atoms with van der Waals surface area (Å²) >= 11 is 0. The summed E-state index contributed by atoms with van der Waals surface area (Å²) in [6, 6.07) is 9.67. The van der Waals surface area contributed by atoms with Crippen LogP contribution in [0.1, 0.15) is 62.5 Å². The molecule has 0 radical (unpaired) electrons. The van der Waals surface area contributed by atoms with Crippen molar-refractivity contribution in [2.45, 2.75) is 51.4 Å². The van der Waals surface area contributed by atoms with Gasteiger partial charge in [0.1, 0.15) is 5.78 Å². The SMILES string of the molecule is N#Cc1ccccc1C=CC1CCC(=O)C1CCCCCCC(=O)O. The molecule has 1 aliphatic rings. The number of nitriles is 1. The Labute approximate surface area is 149 Å². The minimum atomic E-state index is -0.742. The summed E-state index contributed by atoms with van der Waals surface area (Å²) in [5, 5.41) is 17.8. The van der Waals surface area contributed by atoms with Gasteiger partial charge in [-0.15, -0.1) is 0 Å². The van der Waals surface area contributed by atoms with Gasteiger partial charge in [0.05, 0.1) is 11.6 Å². The maximum atomic E-state index is 12.2. The second-order valence-electron chi connectivity index (χ2n) is 6.68. The summed E-state index contributed by atoms with van der Waals surface area (Å²) in [6.07, 6.45) is 10.3. The molecule has 132 valence electrons. The van der Waals surface area contributed by atoms with Crippen LogP contribution in [0.25, 0.3) is 6.08 Å². The van der Waals surface area contributed by atoms with Crippen LogP contribution in [0.3, 0.4) is 0 Å². The molecular weight excluding hydrogens is 314 g/mol. The van der Waals surface area contributed by atoms with Gasteiger partial charge in [-0.05, 0) is 36.8 Å². The molecule has 1 saturated carbocycles. The van der Waals surface area contributed by atoms with E-state index in [4.69, 9.17) is 10.4 Å². The first-order valence-corrected chi connectivity index (χ1v) is 9.03. The fourth-order valence-electron chi connectivity index (χ4n) is 3.51. The lowest BCUT2D eigenvalue weighted by molar-refractivity contribution is -0.137. The van der Waals surface area contributed by atoms with Crippen LogP contribution in [0.2, 0.25) is 0 Å². The molecular formula is C21H25NO3. The lowest BCUT2D eigenvalue weighted by atomic mass is 9.89. The fourth-order valence-corrected chi connectivity index (χ4v) is 3.51. The monoisotopic (exact) mass is 339 g/mol. The Morgan fingerprint density at radius 1 is 1.24 bits per heavy atom. The number of hydrogen-bond donors (Lipinski definition) is 1. The van der Waals surface area contributed by atoms with E-state index in [0.717, 1.165) is 37.7 Å². The number of aliphatic carboxylic acids is 1. The van der Waals surface area contributed by atoms with Crippen molar-refractivity contribution in [3.8, 4) is 6.07 Å². The van der Waals surface area contributed by atoms with Crippen molar-refractivity contribution in [3.63, 3.8) is 0 Å². The Hall–Kier alpha value is -2.41. The van der Waals surface area contributed by atoms with Gasteiger partial charge in [-0.1, -0.05) is 49.6 Å². The van der Waals surface area contributed by atoms with Crippen LogP contribution < -0.4 is 0 Å². The zero-order valence-corrected chi connectivity index (χ0v) is 14.5. The van der Waals surface area contributed by atoms with Crippen LogP contribution in [0.5, 0.6) is 0 Å². The molecule has 0 bridgehead atoms. The number of hydrogen-bond acceptors (Lipinski definition) is 3. The van der Waals surface area contributed by atoms with Crippen molar-refractivity contribution in [2.24, 2.45) is 11.8 Å². The molecule has 2 unspecified atom stereocenters. The first-order chi connectivity index (χ1) is 12.1. The molecule has 0 saturated heterocycles. The number of unbranched alkanes of at least 4 members (excludes halogenated alkanes) is 3. The second-order valence-corrected chi connectivity index (χ2v) is 6.68. The molecule has 2 atom stereocenters. The lowest BCUT2D eigenvalue weighted by Crippen LogP contribution is -2.13. The van der Waals surface area contributed by atoms with Crippen molar-refractivity contribution in [1.29, 1.82) is 5.26 Å². The number of rotatable bonds is 9. The van der Waals surface area contributed by atoms with Crippen LogP contribution in [0.4, 0.5) is 0 Å². The first kappa shape index (κ1) is 18.9. The van der Waals surface area contributed by atoms with Crippen molar-refractivity contribution < 1.29 is 14.7 Å². The number of ketones is 1. The molecule has 0 heterocycles. The Morgan fingerprint density at radius 2 is 2.00 bits per heavy atom. The highest BCUT2D eigenvalue weighted by Crippen LogP contribution is 2.34. The minimum absolute atomic E-state index is 0.0740. The van der Waals surface area contributed by atoms with Crippen molar-refractivity contribution in [1.82, 2.24) is 0 Å². The number of carboxylic acid groups (broad SMARTS) is 1. The zero-order valence-electron chi connectivity index (χ0n) is 14.5. The average molecular weight is 339 g/mol. The van der Waals surface area contributed by atoms with E-state index in [1.54, 1.807) is 6.07 Å². The zero-order chi connectivity index (χ0) is 18.1. The molecule has 4 heteroatoms. The molecule has 2 rings (SSSR count). The normalized spacial score (nSPS) is 20.0. The van der Waals surface area contributed by atoms with E-state index in [1.807, 2.05) is 24.3 Å². The van der Waals surface area contributed by atoms with Gasteiger partial charge in [-0.3, -0.25) is 9.59 Å². The highest BCUT2D eigenvalue weighted by Gasteiger charge is 2.32. The summed E-state index contributed by atoms with van der Waals surface area (Å²) in [4.78, 5) is 22.7. The average Bonchev–Trinajstić information content (AvgIpc) is 2.96. The van der Waals surface area contributed by atoms with Gasteiger partial charge in [0, 0.05) is 18.8 Å². The quantitative estimate of drug-likeness (QED) is 0.667. The number of carboxylic acids is 1. The van der Waals surface area contributed by atoms with E-state index in [9.17, 15) is 9.59 Å². The predicted octanol–water partition coefficient (Wildman–Crippen LogP) is 4.59. The van der Waals surface area contributed by atoms with Gasteiger partial charge in [-0.25, -0.2) is 0 Å². The summed E-state index contributed by atoms with van der Waals surface area (Å²) in [7, 11) is 0. The third kappa shape index (κ3) is 5.86. The number of carbonyl (C=O) groups excluding carboxylic acids is 1. The number of allylic oxidation sites excluding steroid dienone is 1. The Kier molecular flexibility index (Phi) is 7.40. The van der Waals surface area contributed by atoms with Gasteiger partial charge in [0.15, 0.2) is 0 Å². The molecule has 0 aromatic heterocycles. The molecule has 1 aromatic carbocycles. The van der Waals surface area contributed by atoms with Crippen LogP contribution >= 0.6 is 0 Å². The van der Waals surface area contributed by atoms with Crippen LogP contribution in [-0.4, -0.2) is 16.9 Å². The highest BCUT2D eigenvalue weighted by molar-refractivity contribution is 5.84. The van der Waals surface area contributed by atoms with Crippen LogP contribution in [0.15, 0.2) is 30.3 Å². The van der Waals surface area contributed by atoms with Crippen molar-refractivity contribution in [3.05, 3.63) is 41.5 Å². The molecule has 0 aliphatic heterocycles. The van der Waals surface area contributed by atoms with E-state index in [2.05, 4.69) is 12.1 Å². The Morgan fingerprint density at radius 3 is 2.76 bits per heavy atom. The molecule has 1 aliphatic carbocycles. The lowest BCUT2D eigenvalue weighted by Gasteiger charge is -2.15. The van der Waals surface area contributed by atoms with E-state index in [0.29, 0.717) is 24.2 Å². The largest absolute Gasteiger partial charge is 0.481 e. The molecule has 4 nitrogen and oxygen atoms in total. The summed E-state index contributed by atoms with van der Waals surface area (Å²) in [5.74, 6) is -0.0779. The van der Waals surface area contributed by atoms with Crippen LogP contribution in [-0.2, 0) is 9.59 Å². The van der Waals surface area contributed by atoms with E-state index in [1.165, 1.54) is 0 Å². The number of carbonyl (C=O) groups is 2. The second kappa shape index (κ2) is 9.78. The first-order valence-electron chi connectivity index (χ1n) is 9.03. The van der Waals surface area contributed by atoms with E-state index >= 15 is 0 Å². The van der Waals surface area contributed by atoms with Gasteiger partial charge >= 0.3 is 5.97 Å². The van der Waals surface area contributed by atoms with Crippen LogP contribution in [0, 0.1) is 23.2 Å². The van der Waals surface area contributed by atoms with Gasteiger partial charge in [0.2, 0.25) is 0 Å². The molecule has 1 fully saturated rings. The summed E-state index contributed by atoms with van der Waals surface area (Å²) in [5.41, 5.74) is 1.55. The highest BCUT2D eigenvalue weighted by atomic mass is 16.4. The topological polar surface area (TPSA) is 78.2 Å². The number of nitrogens with zero attached hydrogens (tertiary/aromatic N) is 1.